The molecule has 0 amide bonds. The Morgan fingerprint density at radius 1 is 1.50 bits per heavy atom. The van der Waals surface area contributed by atoms with Gasteiger partial charge in [-0.05, 0) is 35.8 Å². The zero-order valence-corrected chi connectivity index (χ0v) is 11.2. The number of methoxy groups -OCH3 is 1. The molecule has 0 fully saturated rings. The summed E-state index contributed by atoms with van der Waals surface area (Å²) in [6.07, 6.45) is 2.13. The van der Waals surface area contributed by atoms with Crippen molar-refractivity contribution in [3.05, 3.63) is 29.3 Å². The van der Waals surface area contributed by atoms with E-state index < -0.39 is 5.97 Å². The molecule has 0 spiro atoms. The summed E-state index contributed by atoms with van der Waals surface area (Å²) < 4.78 is 5.45. The van der Waals surface area contributed by atoms with Gasteiger partial charge in [0.1, 0.15) is 5.75 Å². The third-order valence-corrected chi connectivity index (χ3v) is 3.93. The molecule has 0 aromatic heterocycles. The Bertz CT molecular complexity index is 463. The van der Waals surface area contributed by atoms with E-state index in [2.05, 4.69) is 13.8 Å². The Labute approximate surface area is 108 Å². The molecule has 0 saturated carbocycles. The number of carboxylic acids is 1. The summed E-state index contributed by atoms with van der Waals surface area (Å²) in [7, 11) is 1.67. The second-order valence-electron chi connectivity index (χ2n) is 5.64. The zero-order valence-electron chi connectivity index (χ0n) is 11.2. The lowest BCUT2D eigenvalue weighted by Gasteiger charge is -2.37. The fraction of sp³-hybridized carbons (Fsp3) is 0.533. The number of benzene rings is 1. The summed E-state index contributed by atoms with van der Waals surface area (Å²) in [6.45, 7) is 4.40. The summed E-state index contributed by atoms with van der Waals surface area (Å²) in [5, 5.41) is 9.02. The highest BCUT2D eigenvalue weighted by Gasteiger charge is 2.35. The minimum absolute atomic E-state index is 0.0525. The van der Waals surface area contributed by atoms with Crippen LogP contribution in [0.5, 0.6) is 5.75 Å². The third-order valence-electron chi connectivity index (χ3n) is 3.93. The molecule has 1 aromatic carbocycles. The van der Waals surface area contributed by atoms with Crippen LogP contribution in [-0.2, 0) is 10.2 Å². The summed E-state index contributed by atoms with van der Waals surface area (Å²) in [6, 6.07) is 5.96. The lowest BCUT2D eigenvalue weighted by Crippen LogP contribution is -2.28. The average Bonchev–Trinajstić information content (AvgIpc) is 2.32. The molecule has 98 valence electrons. The zero-order chi connectivity index (χ0) is 13.3. The Balaban J connectivity index is 2.50. The van der Waals surface area contributed by atoms with Crippen LogP contribution in [0, 0.1) is 0 Å². The molecule has 0 radical (unpaired) electrons. The summed E-state index contributed by atoms with van der Waals surface area (Å²) in [5.74, 6) is 0.265. The molecule has 2 rings (SSSR count). The predicted octanol–water partition coefficient (Wildman–Crippen LogP) is 3.32. The Hall–Kier alpha value is -1.51. The second kappa shape index (κ2) is 4.63. The Kier molecular flexibility index (Phi) is 3.33. The van der Waals surface area contributed by atoms with E-state index in [9.17, 15) is 4.79 Å². The van der Waals surface area contributed by atoms with Gasteiger partial charge < -0.3 is 9.84 Å². The molecule has 1 N–H and O–H groups in total. The molecule has 18 heavy (non-hydrogen) atoms. The number of carboxylic acid groups (broad SMARTS) is 1. The van der Waals surface area contributed by atoms with E-state index in [4.69, 9.17) is 9.84 Å². The lowest BCUT2D eigenvalue weighted by molar-refractivity contribution is -0.137. The average molecular weight is 248 g/mol. The van der Waals surface area contributed by atoms with Crippen molar-refractivity contribution in [2.75, 3.05) is 7.11 Å². The van der Waals surface area contributed by atoms with Gasteiger partial charge in [-0.3, -0.25) is 4.79 Å². The first-order chi connectivity index (χ1) is 8.45. The minimum atomic E-state index is -0.728. The molecule has 0 saturated heterocycles. The van der Waals surface area contributed by atoms with Gasteiger partial charge in [0.25, 0.3) is 0 Å². The first kappa shape index (κ1) is 12.9. The number of fused-ring (bicyclic) bond motifs is 1. The van der Waals surface area contributed by atoms with Crippen LogP contribution < -0.4 is 4.74 Å². The molecule has 1 aliphatic carbocycles. The molecule has 0 aliphatic heterocycles. The maximum Gasteiger partial charge on any atom is 0.303 e. The van der Waals surface area contributed by atoms with Crippen molar-refractivity contribution in [3.63, 3.8) is 0 Å². The van der Waals surface area contributed by atoms with Crippen molar-refractivity contribution >= 4 is 5.97 Å². The van der Waals surface area contributed by atoms with Crippen molar-refractivity contribution in [1.29, 1.82) is 0 Å². The molecule has 0 bridgehead atoms. The van der Waals surface area contributed by atoms with Gasteiger partial charge in [-0.2, -0.15) is 0 Å². The third kappa shape index (κ3) is 2.22. The lowest BCUT2D eigenvalue weighted by atomic mass is 9.67. The predicted molar refractivity (Wildman–Crippen MR) is 70.2 cm³/mol. The van der Waals surface area contributed by atoms with Gasteiger partial charge in [0, 0.05) is 5.56 Å². The van der Waals surface area contributed by atoms with Gasteiger partial charge in [0.2, 0.25) is 0 Å². The Morgan fingerprint density at radius 2 is 2.22 bits per heavy atom. The molecular weight excluding hydrogens is 228 g/mol. The molecule has 3 nitrogen and oxygen atoms in total. The second-order valence-corrected chi connectivity index (χ2v) is 5.64. The fourth-order valence-corrected chi connectivity index (χ4v) is 3.02. The van der Waals surface area contributed by atoms with Crippen molar-refractivity contribution in [3.8, 4) is 5.75 Å². The van der Waals surface area contributed by atoms with Crippen molar-refractivity contribution < 1.29 is 14.6 Å². The Morgan fingerprint density at radius 3 is 2.83 bits per heavy atom. The van der Waals surface area contributed by atoms with Gasteiger partial charge in [0.05, 0.1) is 13.5 Å². The van der Waals surface area contributed by atoms with Gasteiger partial charge >= 0.3 is 5.97 Å². The van der Waals surface area contributed by atoms with E-state index in [-0.39, 0.29) is 17.8 Å². The van der Waals surface area contributed by atoms with E-state index in [0.29, 0.717) is 0 Å². The van der Waals surface area contributed by atoms with E-state index in [1.807, 2.05) is 18.2 Å². The first-order valence-electron chi connectivity index (χ1n) is 6.35. The first-order valence-corrected chi connectivity index (χ1v) is 6.35. The fourth-order valence-electron chi connectivity index (χ4n) is 3.02. The summed E-state index contributed by atoms with van der Waals surface area (Å²) >= 11 is 0. The van der Waals surface area contributed by atoms with Crippen molar-refractivity contribution in [2.24, 2.45) is 0 Å². The van der Waals surface area contributed by atoms with Crippen molar-refractivity contribution in [1.82, 2.24) is 0 Å². The maximum absolute atomic E-state index is 11.0. The van der Waals surface area contributed by atoms with Crippen LogP contribution >= 0.6 is 0 Å². The van der Waals surface area contributed by atoms with Crippen LogP contribution in [0.3, 0.4) is 0 Å². The summed E-state index contributed by atoms with van der Waals surface area (Å²) in [5.41, 5.74) is 2.38. The molecule has 1 aliphatic rings. The van der Waals surface area contributed by atoms with Crippen LogP contribution in [0.4, 0.5) is 0 Å². The molecule has 0 heterocycles. The number of hydrogen-bond donors (Lipinski definition) is 1. The van der Waals surface area contributed by atoms with Gasteiger partial charge in [-0.15, -0.1) is 0 Å². The van der Waals surface area contributed by atoms with Crippen LogP contribution in [0.2, 0.25) is 0 Å². The highest BCUT2D eigenvalue weighted by atomic mass is 16.5. The number of carbonyl (C=O) groups is 1. The molecular formula is C15H20O3. The number of ether oxygens (including phenoxy) is 1. The highest BCUT2D eigenvalue weighted by molar-refractivity contribution is 5.68. The minimum Gasteiger partial charge on any atom is -0.496 e. The van der Waals surface area contributed by atoms with Crippen LogP contribution in [0.15, 0.2) is 18.2 Å². The van der Waals surface area contributed by atoms with Crippen LogP contribution in [0.1, 0.15) is 50.2 Å². The van der Waals surface area contributed by atoms with E-state index in [1.165, 1.54) is 5.56 Å². The van der Waals surface area contributed by atoms with Gasteiger partial charge in [-0.25, -0.2) is 0 Å². The quantitative estimate of drug-likeness (QED) is 0.892. The SMILES string of the molecule is COc1cccc2c1C(C)(C)CCC2CC(=O)O. The highest BCUT2D eigenvalue weighted by Crippen LogP contribution is 2.47. The monoisotopic (exact) mass is 248 g/mol. The van der Waals surface area contributed by atoms with Gasteiger partial charge in [0.15, 0.2) is 0 Å². The molecule has 1 unspecified atom stereocenters. The van der Waals surface area contributed by atoms with E-state index in [0.717, 1.165) is 24.2 Å². The van der Waals surface area contributed by atoms with Crippen molar-refractivity contribution in [2.45, 2.75) is 44.4 Å². The molecule has 1 aromatic rings. The topological polar surface area (TPSA) is 46.5 Å². The largest absolute Gasteiger partial charge is 0.496 e. The standard InChI is InChI=1S/C15H20O3/c1-15(2)8-7-10(9-13(16)17)11-5-4-6-12(18-3)14(11)15/h4-6,10H,7-9H2,1-3H3,(H,16,17). The molecule has 1 atom stereocenters. The molecule has 3 heteroatoms. The van der Waals surface area contributed by atoms with Crippen LogP contribution in [0.25, 0.3) is 0 Å². The number of aliphatic carboxylic acids is 1. The number of rotatable bonds is 3. The van der Waals surface area contributed by atoms with Gasteiger partial charge in [-0.1, -0.05) is 26.0 Å². The smallest absolute Gasteiger partial charge is 0.303 e. The number of hydrogen-bond acceptors (Lipinski definition) is 2. The summed E-state index contributed by atoms with van der Waals surface area (Å²) in [4.78, 5) is 11.0. The van der Waals surface area contributed by atoms with E-state index in [1.54, 1.807) is 7.11 Å². The van der Waals surface area contributed by atoms with E-state index >= 15 is 0 Å². The van der Waals surface area contributed by atoms with Crippen LogP contribution in [-0.4, -0.2) is 18.2 Å². The maximum atomic E-state index is 11.0. The normalized spacial score (nSPS) is 21.2.